The van der Waals surface area contributed by atoms with Crippen LogP contribution >= 0.6 is 11.6 Å². The van der Waals surface area contributed by atoms with E-state index in [1.807, 2.05) is 12.1 Å². The molecule has 0 radical (unpaired) electrons. The quantitative estimate of drug-likeness (QED) is 0.202. The van der Waals surface area contributed by atoms with Crippen LogP contribution in [0.1, 0.15) is 12.0 Å². The van der Waals surface area contributed by atoms with Crippen molar-refractivity contribution in [2.45, 2.75) is 12.8 Å². The van der Waals surface area contributed by atoms with Crippen molar-refractivity contribution in [3.05, 3.63) is 59.8 Å². The van der Waals surface area contributed by atoms with E-state index in [1.54, 1.807) is 30.1 Å². The molecule has 1 aliphatic heterocycles. The van der Waals surface area contributed by atoms with Gasteiger partial charge in [0.05, 0.1) is 48.0 Å². The highest BCUT2D eigenvalue weighted by molar-refractivity contribution is 7.92. The summed E-state index contributed by atoms with van der Waals surface area (Å²) in [4.78, 5) is 35.3. The normalized spacial score (nSPS) is 12.5. The summed E-state index contributed by atoms with van der Waals surface area (Å²) in [6.07, 6.45) is 4.08. The lowest BCUT2D eigenvalue weighted by Crippen LogP contribution is -2.35. The van der Waals surface area contributed by atoms with Crippen molar-refractivity contribution in [3.63, 3.8) is 0 Å². The molecule has 0 saturated heterocycles. The fourth-order valence-corrected chi connectivity index (χ4v) is 5.91. The van der Waals surface area contributed by atoms with Crippen LogP contribution in [0, 0.1) is 0 Å². The summed E-state index contributed by atoms with van der Waals surface area (Å²) in [5, 5.41) is 18.5. The number of sulfonamides is 1. The minimum Gasteiger partial charge on any atom is -0.494 e. The molecule has 0 spiro atoms. The van der Waals surface area contributed by atoms with Gasteiger partial charge in [-0.25, -0.2) is 18.2 Å². The van der Waals surface area contributed by atoms with E-state index in [2.05, 4.69) is 32.5 Å². The molecule has 0 fully saturated rings. The lowest BCUT2D eigenvalue weighted by atomic mass is 10.0. The first-order valence-electron chi connectivity index (χ1n) is 13.8. The van der Waals surface area contributed by atoms with Gasteiger partial charge >= 0.3 is 6.09 Å². The van der Waals surface area contributed by atoms with Crippen molar-refractivity contribution in [1.82, 2.24) is 14.9 Å². The topological polar surface area (TPSA) is 169 Å². The molecule has 0 saturated carbocycles. The van der Waals surface area contributed by atoms with E-state index < -0.39 is 22.0 Å². The Balaban J connectivity index is 1.68. The number of likely N-dealkylation sites (N-methyl/N-ethyl adjacent to an activating group) is 2. The molecule has 45 heavy (non-hydrogen) atoms. The number of rotatable bonds is 12. The summed E-state index contributed by atoms with van der Waals surface area (Å²) in [5.74, 6) is 0.302. The van der Waals surface area contributed by atoms with Crippen LogP contribution in [-0.2, 0) is 21.2 Å². The number of aryl methyl sites for hydroxylation is 1. The van der Waals surface area contributed by atoms with Gasteiger partial charge in [-0.1, -0.05) is 30.3 Å². The van der Waals surface area contributed by atoms with Crippen molar-refractivity contribution in [2.75, 3.05) is 72.3 Å². The van der Waals surface area contributed by atoms with Gasteiger partial charge in [-0.15, -0.1) is 0 Å². The van der Waals surface area contributed by atoms with Gasteiger partial charge in [0.2, 0.25) is 21.9 Å². The summed E-state index contributed by atoms with van der Waals surface area (Å²) in [6.45, 7) is 4.42. The predicted molar refractivity (Wildman–Crippen MR) is 176 cm³/mol. The van der Waals surface area contributed by atoms with Gasteiger partial charge in [0.1, 0.15) is 10.8 Å². The van der Waals surface area contributed by atoms with Crippen LogP contribution in [0.25, 0.3) is 0 Å². The number of hydrogen-bond donors (Lipinski definition) is 4. The molecule has 0 unspecified atom stereocenters. The molecule has 240 valence electrons. The molecular formula is C29H35ClN8O6S. The Bertz CT molecular complexity index is 1720. The molecule has 1 aliphatic rings. The number of carbonyl (C=O) groups excluding carboxylic acids is 1. The fraction of sp³-hybridized carbons (Fsp3) is 0.310. The van der Waals surface area contributed by atoms with Crippen molar-refractivity contribution >= 4 is 73.8 Å². The third-order valence-corrected chi connectivity index (χ3v) is 8.53. The van der Waals surface area contributed by atoms with E-state index in [-0.39, 0.29) is 23.3 Å². The Kier molecular flexibility index (Phi) is 10.2. The lowest BCUT2D eigenvalue weighted by molar-refractivity contribution is -0.111. The molecule has 0 bridgehead atoms. The number of hydrogen-bond acceptors (Lipinski definition) is 10. The first-order valence-corrected chi connectivity index (χ1v) is 16.0. The van der Waals surface area contributed by atoms with Crippen molar-refractivity contribution < 1.29 is 27.9 Å². The van der Waals surface area contributed by atoms with Gasteiger partial charge in [0, 0.05) is 39.8 Å². The third-order valence-electron chi connectivity index (χ3n) is 7.09. The van der Waals surface area contributed by atoms with Gasteiger partial charge in [-0.05, 0) is 36.6 Å². The fourth-order valence-electron chi connectivity index (χ4n) is 4.76. The molecule has 4 N–H and O–H groups in total. The number of ether oxygens (including phenoxy) is 1. The summed E-state index contributed by atoms with van der Waals surface area (Å²) in [6, 6.07) is 8.81. The van der Waals surface area contributed by atoms with Crippen LogP contribution in [0.4, 0.5) is 45.0 Å². The maximum atomic E-state index is 12.6. The van der Waals surface area contributed by atoms with Crippen LogP contribution in [0.5, 0.6) is 5.75 Å². The average molecular weight is 659 g/mol. The smallest absolute Gasteiger partial charge is 0.407 e. The van der Waals surface area contributed by atoms with Crippen molar-refractivity contribution in [3.8, 4) is 5.75 Å². The van der Waals surface area contributed by atoms with Crippen LogP contribution < -0.4 is 29.9 Å². The SMILES string of the molecule is C=CC(=O)Nc1cc(Nc2ncc(Cl)c(Nc3cccc4c3N(S(C)(=O)=O)CCC4)n2)c(OC)cc1N(C)CCN(C)C(=O)O. The van der Waals surface area contributed by atoms with E-state index in [1.165, 1.54) is 30.9 Å². The minimum absolute atomic E-state index is 0.134. The van der Waals surface area contributed by atoms with Crippen molar-refractivity contribution in [2.24, 2.45) is 0 Å². The molecule has 0 aliphatic carbocycles. The van der Waals surface area contributed by atoms with E-state index in [0.717, 1.165) is 23.0 Å². The molecule has 2 heterocycles. The molecule has 2 aromatic carbocycles. The van der Waals surface area contributed by atoms with Gasteiger partial charge in [-0.2, -0.15) is 4.98 Å². The van der Waals surface area contributed by atoms with Crippen molar-refractivity contribution in [1.29, 1.82) is 0 Å². The highest BCUT2D eigenvalue weighted by Crippen LogP contribution is 2.40. The Hall–Kier alpha value is -4.76. The van der Waals surface area contributed by atoms with Crippen LogP contribution in [0.2, 0.25) is 5.02 Å². The highest BCUT2D eigenvalue weighted by atomic mass is 35.5. The maximum absolute atomic E-state index is 12.6. The van der Waals surface area contributed by atoms with Gasteiger partial charge in [0.25, 0.3) is 0 Å². The van der Waals surface area contributed by atoms with Gasteiger partial charge < -0.3 is 35.6 Å². The molecule has 3 aromatic rings. The number of anilines is 7. The second-order valence-electron chi connectivity index (χ2n) is 10.3. The van der Waals surface area contributed by atoms with E-state index in [9.17, 15) is 23.1 Å². The first-order chi connectivity index (χ1) is 21.3. The molecule has 1 aromatic heterocycles. The van der Waals surface area contributed by atoms with Crippen LogP contribution in [-0.4, -0.2) is 87.5 Å². The van der Waals surface area contributed by atoms with E-state index >= 15 is 0 Å². The Labute approximate surface area is 266 Å². The molecule has 4 rings (SSSR count). The van der Waals surface area contributed by atoms with Crippen LogP contribution in [0.15, 0.2) is 49.2 Å². The molecule has 0 atom stereocenters. The standard InChI is InChI=1S/C29H35ClN8O6S/c1-6-25(39)32-21-15-22(24(44-4)16-23(21)36(2)13-14-37(3)29(40)41)34-28-31-17-19(30)27(35-28)33-20-11-7-9-18-10-8-12-38(26(18)20)45(5,42)43/h6-7,9,11,15-17H,1,8,10,12-14H2,2-5H3,(H,32,39)(H,40,41)(H2,31,33,34,35). The maximum Gasteiger partial charge on any atom is 0.407 e. The number of benzene rings is 2. The second kappa shape index (κ2) is 13.9. The molecular weight excluding hydrogens is 624 g/mol. The zero-order valence-corrected chi connectivity index (χ0v) is 26.9. The largest absolute Gasteiger partial charge is 0.494 e. The van der Waals surface area contributed by atoms with Crippen LogP contribution in [0.3, 0.4) is 0 Å². The summed E-state index contributed by atoms with van der Waals surface area (Å²) >= 11 is 6.47. The summed E-state index contributed by atoms with van der Waals surface area (Å²) in [5.41, 5.74) is 3.33. The summed E-state index contributed by atoms with van der Waals surface area (Å²) in [7, 11) is 1.18. The number of fused-ring (bicyclic) bond motifs is 1. The Morgan fingerprint density at radius 3 is 2.60 bits per heavy atom. The number of carbonyl (C=O) groups is 2. The summed E-state index contributed by atoms with van der Waals surface area (Å²) < 4.78 is 32.2. The number of nitrogens with zero attached hydrogens (tertiary/aromatic N) is 5. The van der Waals surface area contributed by atoms with E-state index in [0.29, 0.717) is 53.7 Å². The second-order valence-corrected chi connectivity index (χ2v) is 12.6. The zero-order chi connectivity index (χ0) is 32.9. The van der Waals surface area contributed by atoms with Gasteiger partial charge in [-0.3, -0.25) is 9.10 Å². The van der Waals surface area contributed by atoms with Gasteiger partial charge in [0.15, 0.2) is 5.82 Å². The number of aromatic nitrogens is 2. The number of halogens is 1. The third kappa shape index (κ3) is 7.85. The zero-order valence-electron chi connectivity index (χ0n) is 25.3. The number of para-hydroxylation sites is 1. The first kappa shape index (κ1) is 33.1. The Morgan fingerprint density at radius 1 is 1.18 bits per heavy atom. The monoisotopic (exact) mass is 658 g/mol. The van der Waals surface area contributed by atoms with E-state index in [4.69, 9.17) is 16.3 Å². The minimum atomic E-state index is -3.52. The lowest BCUT2D eigenvalue weighted by Gasteiger charge is -2.31. The number of amides is 2. The molecule has 16 heteroatoms. The highest BCUT2D eigenvalue weighted by Gasteiger charge is 2.27. The number of nitrogens with one attached hydrogen (secondary N) is 3. The average Bonchev–Trinajstić information content (AvgIpc) is 3.00. The number of carboxylic acid groups (broad SMARTS) is 1. The molecule has 2 amide bonds. The molecule has 14 nitrogen and oxygen atoms in total. The Morgan fingerprint density at radius 2 is 1.93 bits per heavy atom. The predicted octanol–water partition coefficient (Wildman–Crippen LogP) is 4.51. The number of methoxy groups -OCH3 is 1.